The molecule has 1 amide bonds. The number of aromatic nitrogens is 8. The molecule has 2 aliphatic heterocycles. The Bertz CT molecular complexity index is 2830. The Morgan fingerprint density at radius 3 is 2.09 bits per heavy atom. The number of nitrogens with zero attached hydrogens (tertiary/aromatic N) is 8. The molecular formula is C42H60N10O14P2Si2. The summed E-state index contributed by atoms with van der Waals surface area (Å²) in [7, 11) is -14.2. The lowest BCUT2D eigenvalue weighted by atomic mass is 10.1. The third-order valence-corrected chi connectivity index (χ3v) is 24.0. The van der Waals surface area contributed by atoms with Gasteiger partial charge in [-0.1, -0.05) is 59.7 Å². The van der Waals surface area contributed by atoms with Crippen LogP contribution >= 0.6 is 16.1 Å². The van der Waals surface area contributed by atoms with Crippen LogP contribution in [0, 0.1) is 11.3 Å². The molecule has 0 radical (unpaired) electrons. The maximum absolute atomic E-state index is 15.2. The molecule has 2 saturated heterocycles. The van der Waals surface area contributed by atoms with Gasteiger partial charge in [0.05, 0.1) is 51.3 Å². The maximum Gasteiger partial charge on any atom is 0.475 e. The number of benzene rings is 1. The van der Waals surface area contributed by atoms with Crippen LogP contribution in [0.2, 0.25) is 36.3 Å². The molecule has 380 valence electrons. The molecule has 24 nitrogen and oxygen atoms in total. The molecule has 6 heterocycles. The lowest BCUT2D eigenvalue weighted by Crippen LogP contribution is -2.50. The summed E-state index contributed by atoms with van der Waals surface area (Å²) in [5, 5.41) is 22.3. The van der Waals surface area contributed by atoms with E-state index in [9.17, 15) is 29.4 Å². The average molecular weight is 1050 g/mol. The van der Waals surface area contributed by atoms with Crippen LogP contribution in [0.15, 0.2) is 60.4 Å². The van der Waals surface area contributed by atoms with Gasteiger partial charge in [0.1, 0.15) is 43.0 Å². The van der Waals surface area contributed by atoms with Gasteiger partial charge < -0.3 is 38.6 Å². The molecule has 0 spiro atoms. The summed E-state index contributed by atoms with van der Waals surface area (Å²) in [6.45, 7) is 18.2. The Morgan fingerprint density at radius 1 is 0.871 bits per heavy atom. The molecule has 0 bridgehead atoms. The van der Waals surface area contributed by atoms with Gasteiger partial charge in [0.2, 0.25) is 0 Å². The number of amides is 1. The quantitative estimate of drug-likeness (QED) is 0.0419. The predicted molar refractivity (Wildman–Crippen MR) is 258 cm³/mol. The number of phosphoric ester groups is 1. The fourth-order valence-electron chi connectivity index (χ4n) is 7.38. The molecule has 6 unspecified atom stereocenters. The fourth-order valence-corrected chi connectivity index (χ4v) is 11.9. The minimum absolute atomic E-state index is 0.0143. The molecule has 1 aromatic carbocycles. The summed E-state index contributed by atoms with van der Waals surface area (Å²) in [6, 6.07) is 10.4. The van der Waals surface area contributed by atoms with E-state index in [1.165, 1.54) is 34.4 Å². The van der Waals surface area contributed by atoms with E-state index < -0.39 is 118 Å². The number of anilines is 1. The van der Waals surface area contributed by atoms with Crippen molar-refractivity contribution in [2.24, 2.45) is 0 Å². The molecule has 4 N–H and O–H groups in total. The monoisotopic (exact) mass is 1050 g/mol. The number of nitriles is 1. The second-order valence-electron chi connectivity index (χ2n) is 19.8. The molecule has 0 saturated carbocycles. The van der Waals surface area contributed by atoms with Crippen molar-refractivity contribution in [1.82, 2.24) is 39.0 Å². The number of aliphatic hydroxyl groups excluding tert-OH is 1. The molecule has 70 heavy (non-hydrogen) atoms. The standard InChI is InChI=1S/C42H60N10O14P2Si2/c1-41(2,3)69(7,8)65-31-27(62-39(32(31)63-67(56)57)51-23-48-28-34(44-21-45-35(28)51)50-37(54)25-15-12-11-13-16-25)20-60-68(58,59-18-14-17-43)64-30-26(19-53)61-40(33(30)66-70(9,10)42(4,5)6)52-24-49-29-36(52)46-22-47-38(29)55/h11-13,15-16,21-24,26-27,30-33,39-40,53,67H,14,18-20H2,1-10H3,(H,56,57)(H,46,47,55)(H,44,45,50,54)/t26?,27?,30-,31-,32-,33-,39?,40?,68?/m1/s1. The molecule has 0 aliphatic carbocycles. The zero-order valence-electron chi connectivity index (χ0n) is 40.5. The summed E-state index contributed by atoms with van der Waals surface area (Å²) in [6.07, 6.45) is -5.04. The normalized spacial score (nSPS) is 24.7. The van der Waals surface area contributed by atoms with E-state index in [2.05, 4.69) is 35.2 Å². The van der Waals surface area contributed by atoms with Crippen LogP contribution in [0.5, 0.6) is 0 Å². The number of H-pyrrole nitrogens is 1. The van der Waals surface area contributed by atoms with Crippen LogP contribution in [0.25, 0.3) is 22.3 Å². The second kappa shape index (κ2) is 21.0. The molecule has 10 atom stereocenters. The number of nitrogens with one attached hydrogen (secondary N) is 2. The van der Waals surface area contributed by atoms with Crippen molar-refractivity contribution in [2.45, 2.75) is 133 Å². The third kappa shape index (κ3) is 11.3. The average Bonchev–Trinajstić information content (AvgIpc) is 4.07. The lowest BCUT2D eigenvalue weighted by Gasteiger charge is -2.41. The van der Waals surface area contributed by atoms with Gasteiger partial charge in [-0.05, 0) is 48.4 Å². The number of ether oxygens (including phenoxy) is 2. The number of rotatable bonds is 19. The second-order valence-corrected chi connectivity index (χ2v) is 31.7. The lowest BCUT2D eigenvalue weighted by molar-refractivity contribution is -0.0592. The number of fused-ring (bicyclic) bond motifs is 2. The molecule has 5 aromatic rings. The van der Waals surface area contributed by atoms with Crippen LogP contribution in [-0.2, 0) is 45.6 Å². The highest BCUT2D eigenvalue weighted by molar-refractivity contribution is 7.48. The van der Waals surface area contributed by atoms with Crippen molar-refractivity contribution < 1.29 is 60.3 Å². The van der Waals surface area contributed by atoms with E-state index in [0.717, 1.165) is 0 Å². The van der Waals surface area contributed by atoms with Crippen molar-refractivity contribution in [3.05, 3.63) is 71.6 Å². The molecular weight excluding hydrogens is 987 g/mol. The van der Waals surface area contributed by atoms with Gasteiger partial charge in [-0.25, -0.2) is 29.5 Å². The van der Waals surface area contributed by atoms with Crippen LogP contribution in [-0.4, -0.2) is 128 Å². The zero-order valence-corrected chi connectivity index (χ0v) is 44.4. The Morgan fingerprint density at radius 2 is 1.47 bits per heavy atom. The van der Waals surface area contributed by atoms with E-state index in [1.54, 1.807) is 30.3 Å². The van der Waals surface area contributed by atoms with Crippen molar-refractivity contribution in [1.29, 1.82) is 5.26 Å². The van der Waals surface area contributed by atoms with Gasteiger partial charge in [-0.3, -0.25) is 41.4 Å². The first-order chi connectivity index (χ1) is 32.9. The highest BCUT2D eigenvalue weighted by atomic mass is 31.2. The van der Waals surface area contributed by atoms with Crippen LogP contribution in [0.3, 0.4) is 0 Å². The van der Waals surface area contributed by atoms with Crippen LogP contribution in [0.1, 0.15) is 70.8 Å². The van der Waals surface area contributed by atoms with Gasteiger partial charge in [0.15, 0.2) is 57.2 Å². The molecule has 4 aromatic heterocycles. The number of imidazole rings is 2. The first-order valence-electron chi connectivity index (χ1n) is 22.4. The number of carbonyl (C=O) groups is 1. The number of hydrogen-bond acceptors (Lipinski definition) is 19. The Kier molecular flexibility index (Phi) is 16.0. The summed E-state index contributed by atoms with van der Waals surface area (Å²) >= 11 is 0. The zero-order chi connectivity index (χ0) is 51.0. The number of aliphatic hydroxyl groups is 1. The highest BCUT2D eigenvalue weighted by Gasteiger charge is 2.56. The van der Waals surface area contributed by atoms with Gasteiger partial charge in [-0.15, -0.1) is 0 Å². The van der Waals surface area contributed by atoms with E-state index in [0.29, 0.717) is 5.56 Å². The van der Waals surface area contributed by atoms with E-state index in [4.69, 9.17) is 36.4 Å². The number of hydrogen-bond donors (Lipinski definition) is 4. The van der Waals surface area contributed by atoms with Gasteiger partial charge in [0.25, 0.3) is 11.5 Å². The minimum Gasteiger partial charge on any atom is -0.408 e. The van der Waals surface area contributed by atoms with Crippen LogP contribution < -0.4 is 10.9 Å². The molecule has 7 rings (SSSR count). The Balaban J connectivity index is 1.25. The molecule has 28 heteroatoms. The van der Waals surface area contributed by atoms with Crippen molar-refractivity contribution in [3.63, 3.8) is 0 Å². The fraction of sp³-hybridized carbons (Fsp3) is 0.571. The van der Waals surface area contributed by atoms with E-state index in [1.807, 2.05) is 73.8 Å². The largest absolute Gasteiger partial charge is 0.475 e. The summed E-state index contributed by atoms with van der Waals surface area (Å²) in [5.74, 6) is -0.380. The Labute approximate surface area is 406 Å². The third-order valence-electron chi connectivity index (χ3n) is 13.1. The van der Waals surface area contributed by atoms with Crippen LogP contribution in [0.4, 0.5) is 5.82 Å². The predicted octanol–water partition coefficient (Wildman–Crippen LogP) is 5.99. The highest BCUT2D eigenvalue weighted by Crippen LogP contribution is 2.56. The molecule has 2 fully saturated rings. The van der Waals surface area contributed by atoms with E-state index in [-0.39, 0.29) is 39.6 Å². The van der Waals surface area contributed by atoms with Crippen molar-refractivity contribution in [2.75, 3.05) is 25.1 Å². The molecule has 2 aliphatic rings. The topological polar surface area (TPSA) is 308 Å². The first kappa shape index (κ1) is 53.4. The number of aromatic amines is 1. The SMILES string of the molecule is CC(C)(C)[Si](C)(C)O[C@@H]1C(COP(=O)(OCCC#N)O[C@@H]2C(CO)OC(n3cnc4c(=O)[nH]cnc43)[C@@H]2O[Si](C)(C)C(C)(C)C)OC(n2cnc3c(NC(=O)c4ccccc4)ncnc32)[C@@H]1O[PH](=O)O. The minimum atomic E-state index is -4.88. The van der Waals surface area contributed by atoms with E-state index >= 15 is 4.57 Å². The summed E-state index contributed by atoms with van der Waals surface area (Å²) in [4.78, 5) is 60.5. The summed E-state index contributed by atoms with van der Waals surface area (Å²) < 4.78 is 81.9. The number of phosphoric acid groups is 1. The van der Waals surface area contributed by atoms with Crippen molar-refractivity contribution >= 4 is 66.8 Å². The van der Waals surface area contributed by atoms with Gasteiger partial charge >= 0.3 is 16.1 Å². The van der Waals surface area contributed by atoms with Crippen molar-refractivity contribution in [3.8, 4) is 6.07 Å². The smallest absolute Gasteiger partial charge is 0.408 e. The Hall–Kier alpha value is -4.43. The van der Waals surface area contributed by atoms with Gasteiger partial charge in [-0.2, -0.15) is 5.26 Å². The maximum atomic E-state index is 15.2. The van der Waals surface area contributed by atoms with Gasteiger partial charge in [0, 0.05) is 5.56 Å². The first-order valence-corrected chi connectivity index (χ1v) is 31.0. The number of carbonyl (C=O) groups excluding carboxylic acids is 1. The summed E-state index contributed by atoms with van der Waals surface area (Å²) in [5.41, 5.74) is 0.339.